The number of ether oxygens (including phenoxy) is 2. The normalized spacial score (nSPS) is 20.6. The molecule has 0 bridgehead atoms. The molecule has 0 aromatic heterocycles. The molecule has 0 aliphatic carbocycles. The summed E-state index contributed by atoms with van der Waals surface area (Å²) in [6.45, 7) is 3.11. The van der Waals surface area contributed by atoms with Crippen molar-refractivity contribution in [3.63, 3.8) is 0 Å². The first-order valence-corrected chi connectivity index (χ1v) is 11.7. The van der Waals surface area contributed by atoms with Gasteiger partial charge in [-0.25, -0.2) is 4.39 Å². The van der Waals surface area contributed by atoms with Crippen molar-refractivity contribution in [2.24, 2.45) is 0 Å². The van der Waals surface area contributed by atoms with Crippen LogP contribution in [-0.2, 0) is 4.74 Å². The number of carbonyl (C=O) groups is 1. The minimum atomic E-state index is -0.244. The lowest BCUT2D eigenvalue weighted by atomic mass is 9.98. The fourth-order valence-corrected chi connectivity index (χ4v) is 5.04. The quantitative estimate of drug-likeness (QED) is 0.524. The third kappa shape index (κ3) is 4.41. The van der Waals surface area contributed by atoms with Crippen LogP contribution in [0.5, 0.6) is 5.75 Å². The molecule has 5 nitrogen and oxygen atoms in total. The first-order chi connectivity index (χ1) is 16.5. The van der Waals surface area contributed by atoms with Crippen molar-refractivity contribution in [3.8, 4) is 16.9 Å². The van der Waals surface area contributed by atoms with E-state index in [1.54, 1.807) is 24.3 Å². The van der Waals surface area contributed by atoms with Crippen molar-refractivity contribution >= 4 is 17.5 Å². The van der Waals surface area contributed by atoms with Gasteiger partial charge in [-0.3, -0.25) is 9.69 Å². The molecule has 0 saturated carbocycles. The standard InChI is InChI=1S/C27H26ClFN2O3/c1-33-24-9-5-8-21(26(24)28)27(32)31-13-12-30-16-25(34-17-20(30)15-31)19-10-11-23(29)22(14-19)18-6-3-2-4-7-18/h2-11,14,20,25H,12-13,15-17H2,1H3/t20-,25-/m0/s1. The van der Waals surface area contributed by atoms with Crippen molar-refractivity contribution in [2.45, 2.75) is 12.1 Å². The number of benzene rings is 3. The SMILES string of the molecule is COc1cccc(C(=O)N2CCN3C[C@@H](c4ccc(F)c(-c5ccccc5)c4)OC[C@@H]3C2)c1Cl. The van der Waals surface area contributed by atoms with Crippen LogP contribution in [0.15, 0.2) is 66.7 Å². The summed E-state index contributed by atoms with van der Waals surface area (Å²) in [5.41, 5.74) is 2.83. The van der Waals surface area contributed by atoms with Crippen LogP contribution in [0, 0.1) is 5.82 Å². The van der Waals surface area contributed by atoms with Crippen molar-refractivity contribution in [2.75, 3.05) is 39.9 Å². The molecule has 0 unspecified atom stereocenters. The Hall–Kier alpha value is -2.93. The average molecular weight is 481 g/mol. The number of piperazine rings is 1. The second kappa shape index (κ2) is 9.74. The molecule has 5 rings (SSSR count). The number of hydrogen-bond donors (Lipinski definition) is 0. The topological polar surface area (TPSA) is 42.0 Å². The second-order valence-electron chi connectivity index (χ2n) is 8.65. The van der Waals surface area contributed by atoms with E-state index in [1.165, 1.54) is 13.2 Å². The summed E-state index contributed by atoms with van der Waals surface area (Å²) in [5.74, 6) is 0.146. The Morgan fingerprint density at radius 2 is 1.88 bits per heavy atom. The van der Waals surface area contributed by atoms with E-state index >= 15 is 0 Å². The van der Waals surface area contributed by atoms with Gasteiger partial charge in [0.2, 0.25) is 0 Å². The van der Waals surface area contributed by atoms with Gasteiger partial charge < -0.3 is 14.4 Å². The first-order valence-electron chi connectivity index (χ1n) is 11.4. The summed E-state index contributed by atoms with van der Waals surface area (Å²) in [7, 11) is 1.54. The predicted octanol–water partition coefficient (Wildman–Crippen LogP) is 5.05. The summed E-state index contributed by atoms with van der Waals surface area (Å²) < 4.78 is 26.0. The molecule has 0 N–H and O–H groups in total. The third-order valence-corrected chi connectivity index (χ3v) is 7.03. The van der Waals surface area contributed by atoms with Crippen LogP contribution in [0.25, 0.3) is 11.1 Å². The minimum absolute atomic E-state index is 0.100. The largest absolute Gasteiger partial charge is 0.495 e. The van der Waals surface area contributed by atoms with Gasteiger partial charge in [0.15, 0.2) is 0 Å². The highest BCUT2D eigenvalue weighted by molar-refractivity contribution is 6.35. The molecule has 7 heteroatoms. The summed E-state index contributed by atoms with van der Waals surface area (Å²) in [6, 6.07) is 20.1. The van der Waals surface area contributed by atoms with Crippen LogP contribution in [0.1, 0.15) is 22.0 Å². The number of nitrogens with zero attached hydrogens (tertiary/aromatic N) is 2. The van der Waals surface area contributed by atoms with Crippen LogP contribution >= 0.6 is 11.6 Å². The van der Waals surface area contributed by atoms with E-state index in [9.17, 15) is 9.18 Å². The van der Waals surface area contributed by atoms with Gasteiger partial charge in [-0.05, 0) is 35.4 Å². The Morgan fingerprint density at radius 1 is 1.06 bits per heavy atom. The molecule has 0 spiro atoms. The van der Waals surface area contributed by atoms with E-state index in [0.717, 1.165) is 17.7 Å². The van der Waals surface area contributed by atoms with Gasteiger partial charge in [-0.2, -0.15) is 0 Å². The molecule has 34 heavy (non-hydrogen) atoms. The highest BCUT2D eigenvalue weighted by Crippen LogP contribution is 2.33. The molecule has 176 valence electrons. The Balaban J connectivity index is 1.28. The number of halogens is 2. The summed E-state index contributed by atoms with van der Waals surface area (Å²) >= 11 is 6.38. The maximum absolute atomic E-state index is 14.5. The van der Waals surface area contributed by atoms with Crippen LogP contribution in [0.3, 0.4) is 0 Å². The van der Waals surface area contributed by atoms with Crippen molar-refractivity contribution in [3.05, 3.63) is 88.7 Å². The van der Waals surface area contributed by atoms with Gasteiger partial charge in [0, 0.05) is 31.7 Å². The smallest absolute Gasteiger partial charge is 0.255 e. The zero-order chi connectivity index (χ0) is 23.7. The molecule has 1 amide bonds. The molecule has 2 fully saturated rings. The third-order valence-electron chi connectivity index (χ3n) is 6.64. The number of amides is 1. The Kier molecular flexibility index (Phi) is 6.55. The number of hydrogen-bond acceptors (Lipinski definition) is 4. The molecule has 2 saturated heterocycles. The molecular formula is C27H26ClFN2O3. The molecule has 2 heterocycles. The van der Waals surface area contributed by atoms with Crippen molar-refractivity contribution < 1.29 is 18.7 Å². The van der Waals surface area contributed by atoms with E-state index in [1.807, 2.05) is 41.3 Å². The van der Waals surface area contributed by atoms with E-state index in [-0.39, 0.29) is 23.9 Å². The second-order valence-corrected chi connectivity index (χ2v) is 9.03. The van der Waals surface area contributed by atoms with E-state index in [0.29, 0.717) is 48.1 Å². The van der Waals surface area contributed by atoms with Gasteiger partial charge in [0.05, 0.1) is 36.4 Å². The average Bonchev–Trinajstić information content (AvgIpc) is 2.88. The Labute approximate surface area is 203 Å². The lowest BCUT2D eigenvalue weighted by Crippen LogP contribution is -2.59. The van der Waals surface area contributed by atoms with Gasteiger partial charge in [0.1, 0.15) is 11.6 Å². The maximum atomic E-state index is 14.5. The molecular weight excluding hydrogens is 455 g/mol. The van der Waals surface area contributed by atoms with E-state index in [2.05, 4.69) is 4.90 Å². The summed E-state index contributed by atoms with van der Waals surface area (Å²) in [6.07, 6.45) is -0.144. The zero-order valence-corrected chi connectivity index (χ0v) is 19.7. The fraction of sp³-hybridized carbons (Fsp3) is 0.296. The molecule has 3 aromatic rings. The van der Waals surface area contributed by atoms with Gasteiger partial charge >= 0.3 is 0 Å². The lowest BCUT2D eigenvalue weighted by Gasteiger charge is -2.46. The monoisotopic (exact) mass is 480 g/mol. The van der Waals surface area contributed by atoms with Crippen LogP contribution in [0.4, 0.5) is 4.39 Å². The van der Waals surface area contributed by atoms with Gasteiger partial charge in [-0.1, -0.05) is 54.1 Å². The molecule has 2 aliphatic rings. The number of methoxy groups -OCH3 is 1. The fourth-order valence-electron chi connectivity index (χ4n) is 4.76. The Bertz CT molecular complexity index is 1190. The van der Waals surface area contributed by atoms with E-state index in [4.69, 9.17) is 21.1 Å². The summed E-state index contributed by atoms with van der Waals surface area (Å²) in [5, 5.41) is 0.336. The molecule has 2 aliphatic heterocycles. The highest BCUT2D eigenvalue weighted by Gasteiger charge is 2.36. The minimum Gasteiger partial charge on any atom is -0.495 e. The van der Waals surface area contributed by atoms with E-state index < -0.39 is 0 Å². The number of rotatable bonds is 4. The molecule has 3 aromatic carbocycles. The van der Waals surface area contributed by atoms with Crippen LogP contribution < -0.4 is 4.74 Å². The van der Waals surface area contributed by atoms with Gasteiger partial charge in [0.25, 0.3) is 5.91 Å². The highest BCUT2D eigenvalue weighted by atomic mass is 35.5. The lowest BCUT2D eigenvalue weighted by molar-refractivity contribution is -0.0858. The predicted molar refractivity (Wildman–Crippen MR) is 130 cm³/mol. The van der Waals surface area contributed by atoms with Crippen molar-refractivity contribution in [1.29, 1.82) is 0 Å². The van der Waals surface area contributed by atoms with Gasteiger partial charge in [-0.15, -0.1) is 0 Å². The number of fused-ring (bicyclic) bond motifs is 1. The number of morpholine rings is 1. The maximum Gasteiger partial charge on any atom is 0.255 e. The summed E-state index contributed by atoms with van der Waals surface area (Å²) in [4.78, 5) is 17.3. The van der Waals surface area contributed by atoms with Crippen molar-refractivity contribution in [1.82, 2.24) is 9.80 Å². The zero-order valence-electron chi connectivity index (χ0n) is 18.9. The number of carbonyl (C=O) groups excluding carboxylic acids is 1. The molecule has 2 atom stereocenters. The van der Waals surface area contributed by atoms with Crippen LogP contribution in [-0.4, -0.2) is 61.6 Å². The first kappa shape index (κ1) is 22.8. The van der Waals surface area contributed by atoms with Crippen LogP contribution in [0.2, 0.25) is 5.02 Å². The Morgan fingerprint density at radius 3 is 2.68 bits per heavy atom. The molecule has 0 radical (unpaired) electrons.